The number of carbonyl (C=O) groups is 1. The average molecular weight is 460 g/mol. The minimum absolute atomic E-state index is 0.00431. The maximum Gasteiger partial charge on any atom is 0.282 e. The maximum atomic E-state index is 14.5. The fraction of sp³-hybridized carbons (Fsp3) is 0.292. The molecule has 33 heavy (non-hydrogen) atoms. The molecule has 0 spiro atoms. The van der Waals surface area contributed by atoms with Crippen LogP contribution in [0, 0.1) is 12.7 Å². The van der Waals surface area contributed by atoms with E-state index in [4.69, 9.17) is 4.74 Å². The summed E-state index contributed by atoms with van der Waals surface area (Å²) in [5.41, 5.74) is -1.43. The van der Waals surface area contributed by atoms with Gasteiger partial charge in [0.15, 0.2) is 5.78 Å². The van der Waals surface area contributed by atoms with Gasteiger partial charge in [0.1, 0.15) is 23.9 Å². The molecule has 0 aliphatic carbocycles. The summed E-state index contributed by atoms with van der Waals surface area (Å²) < 4.78 is 45.8. The molecule has 174 valence electrons. The van der Waals surface area contributed by atoms with Crippen LogP contribution < -0.4 is 10.3 Å². The van der Waals surface area contributed by atoms with Gasteiger partial charge in [-0.05, 0) is 56.2 Å². The Bertz CT molecular complexity index is 1230. The van der Waals surface area contributed by atoms with Crippen molar-refractivity contribution >= 4 is 5.78 Å². The van der Waals surface area contributed by atoms with E-state index in [1.165, 1.54) is 44.2 Å². The zero-order valence-corrected chi connectivity index (χ0v) is 18.3. The van der Waals surface area contributed by atoms with Crippen molar-refractivity contribution in [2.75, 3.05) is 6.61 Å². The third-order valence-corrected chi connectivity index (χ3v) is 4.90. The molecule has 6 nitrogen and oxygen atoms in total. The molecule has 3 rings (SSSR count). The molecule has 0 saturated carbocycles. The molecule has 0 bridgehead atoms. The van der Waals surface area contributed by atoms with Crippen LogP contribution in [0.5, 0.6) is 5.75 Å². The number of aromatic nitrogens is 2. The number of carbonyl (C=O) groups excluding carboxylic acids is 1. The normalized spacial score (nSPS) is 11.6. The number of aryl methyl sites for hydroxylation is 1. The van der Waals surface area contributed by atoms with E-state index in [1.807, 2.05) is 0 Å². The second-order valence-corrected chi connectivity index (χ2v) is 8.05. The van der Waals surface area contributed by atoms with Crippen molar-refractivity contribution in [1.82, 2.24) is 9.78 Å². The van der Waals surface area contributed by atoms with Crippen molar-refractivity contribution in [3.63, 3.8) is 0 Å². The molecule has 0 saturated heterocycles. The van der Waals surface area contributed by atoms with Gasteiger partial charge in [0.05, 0.1) is 16.9 Å². The van der Waals surface area contributed by atoms with E-state index in [1.54, 1.807) is 19.1 Å². The highest BCUT2D eigenvalue weighted by Crippen LogP contribution is 2.24. The van der Waals surface area contributed by atoms with Crippen LogP contribution in [0.15, 0.2) is 53.3 Å². The van der Waals surface area contributed by atoms with E-state index in [9.17, 15) is 27.9 Å². The Morgan fingerprint density at radius 1 is 1.18 bits per heavy atom. The van der Waals surface area contributed by atoms with E-state index in [-0.39, 0.29) is 29.0 Å². The summed E-state index contributed by atoms with van der Waals surface area (Å²) in [7, 11) is 0. The number of halogens is 3. The van der Waals surface area contributed by atoms with Gasteiger partial charge in [0.25, 0.3) is 12.0 Å². The standard InChI is InChI=1S/C24H23F3N2O4/c1-14-10-17(20(30)11-15-8-9-16(12-18(15)25)24(2,3)32)23(31)29(28-14)19-6-4-5-7-21(19)33-13-22(26)27/h4-10,12,22,32H,11,13H2,1-3H3. The van der Waals surface area contributed by atoms with Gasteiger partial charge in [-0.3, -0.25) is 9.59 Å². The lowest BCUT2D eigenvalue weighted by Gasteiger charge is -2.18. The van der Waals surface area contributed by atoms with Crippen molar-refractivity contribution in [3.05, 3.63) is 87.1 Å². The van der Waals surface area contributed by atoms with Gasteiger partial charge in [0, 0.05) is 6.42 Å². The Morgan fingerprint density at radius 3 is 2.52 bits per heavy atom. The van der Waals surface area contributed by atoms with Crippen LogP contribution in [-0.4, -0.2) is 33.7 Å². The number of ketones is 1. The highest BCUT2D eigenvalue weighted by atomic mass is 19.3. The molecule has 1 N–H and O–H groups in total. The van der Waals surface area contributed by atoms with Crippen molar-refractivity contribution in [1.29, 1.82) is 0 Å². The van der Waals surface area contributed by atoms with Crippen LogP contribution in [0.1, 0.15) is 41.0 Å². The Hall–Kier alpha value is -3.46. The molecule has 1 heterocycles. The minimum atomic E-state index is -2.71. The number of Topliss-reactive ketones (excluding diaryl/α,β-unsaturated/α-hetero) is 1. The number of hydrogen-bond donors (Lipinski definition) is 1. The first-order valence-corrected chi connectivity index (χ1v) is 10.1. The molecule has 0 aliphatic heterocycles. The van der Waals surface area contributed by atoms with Crippen molar-refractivity contribution in [2.24, 2.45) is 0 Å². The summed E-state index contributed by atoms with van der Waals surface area (Å²) in [5, 5.41) is 14.1. The number of benzene rings is 2. The first kappa shape index (κ1) is 24.2. The number of ether oxygens (including phenoxy) is 1. The Labute approximate surface area is 188 Å². The molecule has 3 aromatic rings. The van der Waals surface area contributed by atoms with Crippen LogP contribution in [-0.2, 0) is 12.0 Å². The fourth-order valence-corrected chi connectivity index (χ4v) is 3.23. The van der Waals surface area contributed by atoms with Gasteiger partial charge in [-0.1, -0.05) is 24.3 Å². The highest BCUT2D eigenvalue weighted by Gasteiger charge is 2.21. The molecule has 0 aliphatic rings. The van der Waals surface area contributed by atoms with Crippen molar-refractivity contribution in [3.8, 4) is 11.4 Å². The lowest BCUT2D eigenvalue weighted by Crippen LogP contribution is -2.29. The second-order valence-electron chi connectivity index (χ2n) is 8.05. The summed E-state index contributed by atoms with van der Waals surface area (Å²) >= 11 is 0. The van der Waals surface area contributed by atoms with E-state index in [2.05, 4.69) is 5.10 Å². The second kappa shape index (κ2) is 9.58. The van der Waals surface area contributed by atoms with Crippen LogP contribution >= 0.6 is 0 Å². The molecule has 9 heteroatoms. The summed E-state index contributed by atoms with van der Waals surface area (Å²) in [6, 6.07) is 11.3. The first-order valence-electron chi connectivity index (χ1n) is 10.1. The fourth-order valence-electron chi connectivity index (χ4n) is 3.23. The maximum absolute atomic E-state index is 14.5. The Balaban J connectivity index is 1.97. The van der Waals surface area contributed by atoms with Gasteiger partial charge >= 0.3 is 0 Å². The van der Waals surface area contributed by atoms with Crippen LogP contribution in [0.2, 0.25) is 0 Å². The molecule has 1 aromatic heterocycles. The molecule has 2 aromatic carbocycles. The largest absolute Gasteiger partial charge is 0.485 e. The Kier molecular flexibility index (Phi) is 7.02. The minimum Gasteiger partial charge on any atom is -0.485 e. The van der Waals surface area contributed by atoms with Gasteiger partial charge < -0.3 is 9.84 Å². The smallest absolute Gasteiger partial charge is 0.282 e. The molecule has 0 unspecified atom stereocenters. The molecular weight excluding hydrogens is 437 g/mol. The van der Waals surface area contributed by atoms with Gasteiger partial charge in [-0.15, -0.1) is 0 Å². The third-order valence-electron chi connectivity index (χ3n) is 4.90. The van der Waals surface area contributed by atoms with E-state index < -0.39 is 35.8 Å². The van der Waals surface area contributed by atoms with Gasteiger partial charge in [-0.25, -0.2) is 13.2 Å². The summed E-state index contributed by atoms with van der Waals surface area (Å²) in [6.45, 7) is 3.71. The van der Waals surface area contributed by atoms with Crippen molar-refractivity contribution < 1.29 is 27.8 Å². The van der Waals surface area contributed by atoms with Crippen LogP contribution in [0.25, 0.3) is 5.69 Å². The summed E-state index contributed by atoms with van der Waals surface area (Å²) in [6.07, 6.45) is -3.10. The number of alkyl halides is 2. The molecule has 0 fully saturated rings. The predicted molar refractivity (Wildman–Crippen MR) is 116 cm³/mol. The van der Waals surface area contributed by atoms with Crippen molar-refractivity contribution in [2.45, 2.75) is 39.2 Å². The average Bonchev–Trinajstić information content (AvgIpc) is 2.74. The molecular formula is C24H23F3N2O4. The van der Waals surface area contributed by atoms with E-state index in [0.29, 0.717) is 11.3 Å². The highest BCUT2D eigenvalue weighted by molar-refractivity contribution is 5.97. The third kappa shape index (κ3) is 5.67. The quantitative estimate of drug-likeness (QED) is 0.515. The number of aliphatic hydroxyl groups is 1. The van der Waals surface area contributed by atoms with Crippen LogP contribution in [0.3, 0.4) is 0 Å². The van der Waals surface area contributed by atoms with Crippen LogP contribution in [0.4, 0.5) is 13.2 Å². The topological polar surface area (TPSA) is 81.4 Å². The summed E-state index contributed by atoms with van der Waals surface area (Å²) in [5.74, 6) is -1.32. The zero-order valence-electron chi connectivity index (χ0n) is 18.3. The molecule has 0 amide bonds. The molecule has 0 atom stereocenters. The van der Waals surface area contributed by atoms with Gasteiger partial charge in [-0.2, -0.15) is 9.78 Å². The number of hydrogen-bond acceptors (Lipinski definition) is 5. The monoisotopic (exact) mass is 460 g/mol. The predicted octanol–water partition coefficient (Wildman–Crippen LogP) is 3.98. The summed E-state index contributed by atoms with van der Waals surface area (Å²) in [4.78, 5) is 26.0. The lowest BCUT2D eigenvalue weighted by molar-refractivity contribution is 0.0782. The molecule has 0 radical (unpaired) electrons. The number of rotatable bonds is 8. The lowest BCUT2D eigenvalue weighted by atomic mass is 9.95. The van der Waals surface area contributed by atoms with E-state index >= 15 is 0 Å². The number of nitrogens with zero attached hydrogens (tertiary/aromatic N) is 2. The zero-order chi connectivity index (χ0) is 24.3. The Morgan fingerprint density at radius 2 is 1.88 bits per heavy atom. The van der Waals surface area contributed by atoms with Gasteiger partial charge in [0.2, 0.25) is 0 Å². The first-order chi connectivity index (χ1) is 15.5. The SMILES string of the molecule is Cc1cc(C(=O)Cc2ccc(C(C)(C)O)cc2F)c(=O)n(-c2ccccc2OCC(F)F)n1. The number of para-hydroxylation sites is 2. The van der Waals surface area contributed by atoms with E-state index in [0.717, 1.165) is 10.7 Å².